The Morgan fingerprint density at radius 1 is 1.25 bits per heavy atom. The molecule has 0 spiro atoms. The number of carbonyl (C=O) groups is 2. The SMILES string of the molecule is CC(C)CNC(=O)C1CCN(C(=O)C2CCCO2)CC1. The molecule has 0 aromatic heterocycles. The van der Waals surface area contributed by atoms with E-state index in [1.165, 1.54) is 0 Å². The van der Waals surface area contributed by atoms with Crippen LogP contribution in [0, 0.1) is 11.8 Å². The summed E-state index contributed by atoms with van der Waals surface area (Å²) < 4.78 is 5.44. The molecule has 1 atom stereocenters. The van der Waals surface area contributed by atoms with Gasteiger partial charge in [0.1, 0.15) is 6.10 Å². The van der Waals surface area contributed by atoms with Gasteiger partial charge in [-0.3, -0.25) is 9.59 Å². The van der Waals surface area contributed by atoms with Crippen molar-refractivity contribution in [3.63, 3.8) is 0 Å². The van der Waals surface area contributed by atoms with Crippen molar-refractivity contribution in [2.45, 2.75) is 45.6 Å². The van der Waals surface area contributed by atoms with Gasteiger partial charge < -0.3 is 15.0 Å². The molecular formula is C15H26N2O3. The van der Waals surface area contributed by atoms with Crippen LogP contribution in [0.25, 0.3) is 0 Å². The second kappa shape index (κ2) is 7.07. The highest BCUT2D eigenvalue weighted by atomic mass is 16.5. The molecule has 0 aromatic carbocycles. The molecule has 5 nitrogen and oxygen atoms in total. The number of likely N-dealkylation sites (tertiary alicyclic amines) is 1. The smallest absolute Gasteiger partial charge is 0.251 e. The van der Waals surface area contributed by atoms with Crippen LogP contribution in [-0.2, 0) is 14.3 Å². The highest BCUT2D eigenvalue weighted by Gasteiger charge is 2.32. The Labute approximate surface area is 121 Å². The average Bonchev–Trinajstić information content (AvgIpc) is 2.98. The lowest BCUT2D eigenvalue weighted by atomic mass is 9.95. The van der Waals surface area contributed by atoms with Gasteiger partial charge in [0.15, 0.2) is 0 Å². The van der Waals surface area contributed by atoms with Crippen LogP contribution in [0.5, 0.6) is 0 Å². The normalized spacial score (nSPS) is 24.1. The van der Waals surface area contributed by atoms with Gasteiger partial charge in [-0.2, -0.15) is 0 Å². The van der Waals surface area contributed by atoms with Crippen LogP contribution in [0.1, 0.15) is 39.5 Å². The molecule has 2 fully saturated rings. The van der Waals surface area contributed by atoms with Gasteiger partial charge in [-0.05, 0) is 31.6 Å². The van der Waals surface area contributed by atoms with E-state index in [-0.39, 0.29) is 23.8 Å². The van der Waals surface area contributed by atoms with Crippen LogP contribution in [0.4, 0.5) is 0 Å². The van der Waals surface area contributed by atoms with E-state index in [9.17, 15) is 9.59 Å². The van der Waals surface area contributed by atoms with E-state index in [0.29, 0.717) is 25.6 Å². The van der Waals surface area contributed by atoms with Gasteiger partial charge in [-0.15, -0.1) is 0 Å². The number of hydrogen-bond donors (Lipinski definition) is 1. The van der Waals surface area contributed by atoms with Crippen LogP contribution < -0.4 is 5.32 Å². The number of nitrogens with one attached hydrogen (secondary N) is 1. The Bertz CT molecular complexity index is 343. The van der Waals surface area contributed by atoms with Gasteiger partial charge in [0.25, 0.3) is 5.91 Å². The topological polar surface area (TPSA) is 58.6 Å². The fraction of sp³-hybridized carbons (Fsp3) is 0.867. The van der Waals surface area contributed by atoms with Gasteiger partial charge in [0, 0.05) is 32.2 Å². The van der Waals surface area contributed by atoms with Gasteiger partial charge in [-0.25, -0.2) is 0 Å². The highest BCUT2D eigenvalue weighted by Crippen LogP contribution is 2.21. The number of amides is 2. The second-order valence-electron chi connectivity index (χ2n) is 6.24. The highest BCUT2D eigenvalue weighted by molar-refractivity contribution is 5.82. The number of ether oxygens (including phenoxy) is 1. The zero-order chi connectivity index (χ0) is 14.5. The lowest BCUT2D eigenvalue weighted by Crippen LogP contribution is -2.46. The molecule has 0 bridgehead atoms. The minimum atomic E-state index is -0.235. The fourth-order valence-corrected chi connectivity index (χ4v) is 2.79. The molecule has 2 heterocycles. The largest absolute Gasteiger partial charge is 0.368 e. The van der Waals surface area contributed by atoms with Gasteiger partial charge in [0.2, 0.25) is 5.91 Å². The molecule has 0 saturated carbocycles. The molecule has 114 valence electrons. The van der Waals surface area contributed by atoms with E-state index in [4.69, 9.17) is 4.74 Å². The maximum Gasteiger partial charge on any atom is 0.251 e. The summed E-state index contributed by atoms with van der Waals surface area (Å²) >= 11 is 0. The standard InChI is InChI=1S/C15H26N2O3/c1-11(2)10-16-14(18)12-5-7-17(8-6-12)15(19)13-4-3-9-20-13/h11-13H,3-10H2,1-2H3,(H,16,18). The monoisotopic (exact) mass is 282 g/mol. The average molecular weight is 282 g/mol. The van der Waals surface area contributed by atoms with Crippen molar-refractivity contribution in [3.8, 4) is 0 Å². The maximum atomic E-state index is 12.2. The predicted octanol–water partition coefficient (Wildman–Crippen LogP) is 1.18. The zero-order valence-electron chi connectivity index (χ0n) is 12.6. The molecule has 2 aliphatic rings. The number of nitrogens with zero attached hydrogens (tertiary/aromatic N) is 1. The number of piperidine rings is 1. The molecule has 0 aliphatic carbocycles. The van der Waals surface area contributed by atoms with Crippen LogP contribution >= 0.6 is 0 Å². The summed E-state index contributed by atoms with van der Waals surface area (Å²) in [6.07, 6.45) is 3.12. The summed E-state index contributed by atoms with van der Waals surface area (Å²) in [6, 6.07) is 0. The zero-order valence-corrected chi connectivity index (χ0v) is 12.6. The first-order valence-corrected chi connectivity index (χ1v) is 7.76. The van der Waals surface area contributed by atoms with Gasteiger partial charge >= 0.3 is 0 Å². The van der Waals surface area contributed by atoms with E-state index in [1.807, 2.05) is 4.90 Å². The van der Waals surface area contributed by atoms with Crippen molar-refractivity contribution in [1.29, 1.82) is 0 Å². The minimum Gasteiger partial charge on any atom is -0.368 e. The molecule has 0 radical (unpaired) electrons. The van der Waals surface area contributed by atoms with Crippen LogP contribution in [-0.4, -0.2) is 49.1 Å². The molecule has 2 amide bonds. The third-order valence-corrected chi connectivity index (χ3v) is 4.07. The van der Waals surface area contributed by atoms with Crippen molar-refractivity contribution in [3.05, 3.63) is 0 Å². The summed E-state index contributed by atoms with van der Waals surface area (Å²) in [5.41, 5.74) is 0. The third-order valence-electron chi connectivity index (χ3n) is 4.07. The first-order chi connectivity index (χ1) is 9.58. The summed E-state index contributed by atoms with van der Waals surface area (Å²) in [7, 11) is 0. The van der Waals surface area contributed by atoms with Crippen LogP contribution in [0.15, 0.2) is 0 Å². The Kier molecular flexibility index (Phi) is 5.40. The summed E-state index contributed by atoms with van der Waals surface area (Å²) in [5.74, 6) is 0.786. The summed E-state index contributed by atoms with van der Waals surface area (Å²) in [6.45, 7) is 6.96. The lowest BCUT2D eigenvalue weighted by Gasteiger charge is -2.32. The molecule has 1 N–H and O–H groups in total. The van der Waals surface area contributed by atoms with Crippen molar-refractivity contribution < 1.29 is 14.3 Å². The van der Waals surface area contributed by atoms with E-state index in [0.717, 1.165) is 32.2 Å². The van der Waals surface area contributed by atoms with E-state index >= 15 is 0 Å². The van der Waals surface area contributed by atoms with Crippen LogP contribution in [0.2, 0.25) is 0 Å². The third kappa shape index (κ3) is 3.95. The molecular weight excluding hydrogens is 256 g/mol. The fourth-order valence-electron chi connectivity index (χ4n) is 2.79. The van der Waals surface area contributed by atoms with E-state index in [1.54, 1.807) is 0 Å². The second-order valence-corrected chi connectivity index (χ2v) is 6.24. The van der Waals surface area contributed by atoms with E-state index in [2.05, 4.69) is 19.2 Å². The van der Waals surface area contributed by atoms with Crippen molar-refractivity contribution in [2.24, 2.45) is 11.8 Å². The Hall–Kier alpha value is -1.10. The maximum absolute atomic E-state index is 12.2. The summed E-state index contributed by atoms with van der Waals surface area (Å²) in [5, 5.41) is 2.98. The van der Waals surface area contributed by atoms with Gasteiger partial charge in [0.05, 0.1) is 0 Å². The van der Waals surface area contributed by atoms with Crippen molar-refractivity contribution in [1.82, 2.24) is 10.2 Å². The Balaban J connectivity index is 1.74. The van der Waals surface area contributed by atoms with Crippen LogP contribution in [0.3, 0.4) is 0 Å². The predicted molar refractivity (Wildman–Crippen MR) is 76.1 cm³/mol. The molecule has 0 aromatic rings. The molecule has 1 unspecified atom stereocenters. The Morgan fingerprint density at radius 2 is 1.95 bits per heavy atom. The number of carbonyl (C=O) groups excluding carboxylic acids is 2. The number of rotatable bonds is 4. The van der Waals surface area contributed by atoms with Crippen molar-refractivity contribution >= 4 is 11.8 Å². The molecule has 20 heavy (non-hydrogen) atoms. The van der Waals surface area contributed by atoms with E-state index < -0.39 is 0 Å². The molecule has 2 saturated heterocycles. The van der Waals surface area contributed by atoms with Gasteiger partial charge in [-0.1, -0.05) is 13.8 Å². The lowest BCUT2D eigenvalue weighted by molar-refractivity contribution is -0.143. The first-order valence-electron chi connectivity index (χ1n) is 7.76. The Morgan fingerprint density at radius 3 is 2.50 bits per heavy atom. The molecule has 2 aliphatic heterocycles. The first kappa shape index (κ1) is 15.3. The van der Waals surface area contributed by atoms with Crippen molar-refractivity contribution in [2.75, 3.05) is 26.2 Å². The minimum absolute atomic E-state index is 0.0577. The summed E-state index contributed by atoms with van der Waals surface area (Å²) in [4.78, 5) is 26.1. The quantitative estimate of drug-likeness (QED) is 0.842. The molecule has 5 heteroatoms. The molecule has 2 rings (SSSR count). The number of hydrogen-bond acceptors (Lipinski definition) is 3.